The average Bonchev–Trinajstić information content (AvgIpc) is 3.14. The Kier molecular flexibility index (Phi) is 5.58. The third-order valence-electron chi connectivity index (χ3n) is 4.75. The van der Waals surface area contributed by atoms with Gasteiger partial charge in [-0.2, -0.15) is 10.2 Å². The molecule has 3 heterocycles. The Morgan fingerprint density at radius 1 is 1.28 bits per heavy atom. The molecule has 2 aromatic heterocycles. The van der Waals surface area contributed by atoms with Gasteiger partial charge >= 0.3 is 0 Å². The van der Waals surface area contributed by atoms with Crippen LogP contribution >= 0.6 is 15.9 Å². The van der Waals surface area contributed by atoms with Gasteiger partial charge in [0.05, 0.1) is 16.4 Å². The molecule has 8 heteroatoms. The number of aromatic nitrogens is 4. The van der Waals surface area contributed by atoms with E-state index in [2.05, 4.69) is 37.2 Å². The maximum absolute atomic E-state index is 12.9. The van der Waals surface area contributed by atoms with Crippen molar-refractivity contribution in [2.75, 3.05) is 26.2 Å². The minimum Gasteiger partial charge on any atom is -0.338 e. The summed E-state index contributed by atoms with van der Waals surface area (Å²) in [6.45, 7) is 8.26. The lowest BCUT2D eigenvalue weighted by molar-refractivity contribution is -0.137. The summed E-state index contributed by atoms with van der Waals surface area (Å²) >= 11 is 3.40. The summed E-state index contributed by atoms with van der Waals surface area (Å²) in [7, 11) is 1.95. The molecule has 1 aliphatic heterocycles. The molecular weight excluding hydrogens is 384 g/mol. The Morgan fingerprint density at radius 2 is 2.00 bits per heavy atom. The molecule has 0 N–H and O–H groups in total. The first-order valence-electron chi connectivity index (χ1n) is 8.68. The lowest BCUT2D eigenvalue weighted by Crippen LogP contribution is -2.50. The summed E-state index contributed by atoms with van der Waals surface area (Å²) in [6, 6.07) is -0.224. The van der Waals surface area contributed by atoms with E-state index in [1.807, 2.05) is 36.7 Å². The number of hydrogen-bond donors (Lipinski definition) is 0. The van der Waals surface area contributed by atoms with Gasteiger partial charge in [-0.1, -0.05) is 6.92 Å². The monoisotopic (exact) mass is 408 g/mol. The fourth-order valence-corrected chi connectivity index (χ4v) is 3.64. The summed E-state index contributed by atoms with van der Waals surface area (Å²) in [5.74, 6) is 0.162. The third kappa shape index (κ3) is 4.12. The maximum Gasteiger partial charge on any atom is 0.247 e. The number of piperazine rings is 1. The number of aryl methyl sites for hydroxylation is 2. The second-order valence-electron chi connectivity index (χ2n) is 6.58. The third-order valence-corrected chi connectivity index (χ3v) is 5.16. The number of hydrogen-bond acceptors (Lipinski definition) is 4. The van der Waals surface area contributed by atoms with Crippen LogP contribution in [0.25, 0.3) is 0 Å². The van der Waals surface area contributed by atoms with E-state index in [1.54, 1.807) is 10.9 Å². The van der Waals surface area contributed by atoms with Gasteiger partial charge in [-0.25, -0.2) is 0 Å². The van der Waals surface area contributed by atoms with E-state index in [9.17, 15) is 4.79 Å². The van der Waals surface area contributed by atoms with E-state index in [1.165, 1.54) is 5.56 Å². The van der Waals surface area contributed by atoms with Gasteiger partial charge in [-0.15, -0.1) is 0 Å². The summed E-state index contributed by atoms with van der Waals surface area (Å²) in [5, 5.41) is 8.69. The first-order chi connectivity index (χ1) is 12.0. The number of rotatable bonds is 5. The van der Waals surface area contributed by atoms with Gasteiger partial charge in [-0.05, 0) is 29.3 Å². The zero-order valence-electron chi connectivity index (χ0n) is 15.0. The second-order valence-corrected chi connectivity index (χ2v) is 7.49. The molecule has 136 valence electrons. The number of carbonyl (C=O) groups excluding carboxylic acids is 1. The summed E-state index contributed by atoms with van der Waals surface area (Å²) in [5.41, 5.74) is 2.34. The van der Waals surface area contributed by atoms with Crippen molar-refractivity contribution in [1.82, 2.24) is 29.4 Å². The lowest BCUT2D eigenvalue weighted by atomic mass is 10.1. The highest BCUT2D eigenvalue weighted by Gasteiger charge is 2.28. The van der Waals surface area contributed by atoms with Crippen LogP contribution in [0.3, 0.4) is 0 Å². The van der Waals surface area contributed by atoms with Gasteiger partial charge < -0.3 is 4.90 Å². The largest absolute Gasteiger partial charge is 0.338 e. The molecule has 1 amide bonds. The molecule has 1 aliphatic rings. The summed E-state index contributed by atoms with van der Waals surface area (Å²) in [4.78, 5) is 17.2. The molecule has 2 aromatic rings. The van der Waals surface area contributed by atoms with E-state index >= 15 is 0 Å². The Morgan fingerprint density at radius 3 is 2.52 bits per heavy atom. The van der Waals surface area contributed by atoms with Crippen LogP contribution in [0.1, 0.15) is 30.6 Å². The van der Waals surface area contributed by atoms with Crippen molar-refractivity contribution in [3.8, 4) is 0 Å². The van der Waals surface area contributed by atoms with Crippen LogP contribution in [0, 0.1) is 6.92 Å². The van der Waals surface area contributed by atoms with E-state index in [0.717, 1.165) is 49.3 Å². The zero-order chi connectivity index (χ0) is 18.0. The fraction of sp³-hybridized carbons (Fsp3) is 0.588. The second kappa shape index (κ2) is 7.70. The molecule has 0 saturated carbocycles. The molecule has 1 fully saturated rings. The zero-order valence-corrected chi connectivity index (χ0v) is 16.6. The van der Waals surface area contributed by atoms with E-state index < -0.39 is 0 Å². The highest BCUT2D eigenvalue weighted by atomic mass is 79.9. The molecule has 25 heavy (non-hydrogen) atoms. The van der Waals surface area contributed by atoms with Gasteiger partial charge in [0.2, 0.25) is 5.91 Å². The van der Waals surface area contributed by atoms with Crippen molar-refractivity contribution >= 4 is 21.8 Å². The Labute approximate surface area is 156 Å². The number of nitrogens with zero attached hydrogens (tertiary/aromatic N) is 6. The van der Waals surface area contributed by atoms with Gasteiger partial charge in [0, 0.05) is 57.7 Å². The van der Waals surface area contributed by atoms with Crippen molar-refractivity contribution in [2.45, 2.75) is 32.9 Å². The smallest absolute Gasteiger partial charge is 0.247 e. The predicted octanol–water partition coefficient (Wildman–Crippen LogP) is 1.98. The van der Waals surface area contributed by atoms with Crippen LogP contribution in [0.4, 0.5) is 0 Å². The molecular formula is C17H25BrN6O. The van der Waals surface area contributed by atoms with Crippen molar-refractivity contribution in [3.63, 3.8) is 0 Å². The topological polar surface area (TPSA) is 59.2 Å². The van der Waals surface area contributed by atoms with Crippen LogP contribution < -0.4 is 0 Å². The molecule has 1 saturated heterocycles. The van der Waals surface area contributed by atoms with Gasteiger partial charge in [0.25, 0.3) is 0 Å². The van der Waals surface area contributed by atoms with Crippen molar-refractivity contribution < 1.29 is 4.79 Å². The summed E-state index contributed by atoms with van der Waals surface area (Å²) in [6.07, 6.45) is 6.41. The Hall–Kier alpha value is -1.67. The molecule has 3 rings (SSSR count). The summed E-state index contributed by atoms with van der Waals surface area (Å²) < 4.78 is 4.52. The average molecular weight is 409 g/mol. The molecule has 0 bridgehead atoms. The molecule has 0 aliphatic carbocycles. The van der Waals surface area contributed by atoms with E-state index in [0.29, 0.717) is 0 Å². The minimum atomic E-state index is -0.224. The number of carbonyl (C=O) groups is 1. The molecule has 7 nitrogen and oxygen atoms in total. The molecule has 1 unspecified atom stereocenters. The SMILES string of the molecule is CCC(C(=O)N1CCN(Cc2cn(C)nc2C)CC1)n1cc(Br)cn1. The minimum absolute atomic E-state index is 0.162. The van der Waals surface area contributed by atoms with Crippen molar-refractivity contribution in [1.29, 1.82) is 0 Å². The van der Waals surface area contributed by atoms with E-state index in [-0.39, 0.29) is 11.9 Å². The van der Waals surface area contributed by atoms with Gasteiger partial charge in [-0.3, -0.25) is 19.1 Å². The number of halogens is 1. The Bertz CT molecular complexity index is 731. The highest BCUT2D eigenvalue weighted by Crippen LogP contribution is 2.19. The quantitative estimate of drug-likeness (QED) is 0.758. The van der Waals surface area contributed by atoms with Crippen LogP contribution in [-0.4, -0.2) is 61.4 Å². The molecule has 0 radical (unpaired) electrons. The predicted molar refractivity (Wildman–Crippen MR) is 99.1 cm³/mol. The lowest BCUT2D eigenvalue weighted by Gasteiger charge is -2.36. The van der Waals surface area contributed by atoms with Gasteiger partial charge in [0.1, 0.15) is 6.04 Å². The fourth-order valence-electron chi connectivity index (χ4n) is 3.34. The normalized spacial score (nSPS) is 17.0. The van der Waals surface area contributed by atoms with Crippen LogP contribution in [-0.2, 0) is 18.4 Å². The van der Waals surface area contributed by atoms with Crippen LogP contribution in [0.15, 0.2) is 23.1 Å². The highest BCUT2D eigenvalue weighted by molar-refractivity contribution is 9.10. The first kappa shape index (κ1) is 18.1. The first-order valence-corrected chi connectivity index (χ1v) is 9.47. The standard InChI is InChI=1S/C17H25BrN6O/c1-4-16(24-12-15(18)9-19-24)17(25)23-7-5-22(6-8-23)11-14-10-21(3)20-13(14)2/h9-10,12,16H,4-8,11H2,1-3H3. The number of amides is 1. The van der Waals surface area contributed by atoms with Gasteiger partial charge in [0.15, 0.2) is 0 Å². The molecule has 1 atom stereocenters. The molecule has 0 spiro atoms. The van der Waals surface area contributed by atoms with Crippen LogP contribution in [0.5, 0.6) is 0 Å². The molecule has 0 aromatic carbocycles. The maximum atomic E-state index is 12.9. The Balaban J connectivity index is 1.57. The van der Waals surface area contributed by atoms with Crippen molar-refractivity contribution in [3.05, 3.63) is 34.3 Å². The van der Waals surface area contributed by atoms with E-state index in [4.69, 9.17) is 0 Å². The van der Waals surface area contributed by atoms with Crippen LogP contribution in [0.2, 0.25) is 0 Å². The van der Waals surface area contributed by atoms with Crippen molar-refractivity contribution in [2.24, 2.45) is 7.05 Å².